The Morgan fingerprint density at radius 1 is 0.944 bits per heavy atom. The molecule has 1 saturated carbocycles. The second kappa shape index (κ2) is 13.4. The molecular weight excluding hydrogens is 703 g/mol. The van der Waals surface area contributed by atoms with Gasteiger partial charge in [-0.1, -0.05) is 42.0 Å². The van der Waals surface area contributed by atoms with E-state index in [9.17, 15) is 18.0 Å². The van der Waals surface area contributed by atoms with Crippen LogP contribution in [0.1, 0.15) is 78.7 Å². The molecule has 0 radical (unpaired) electrons. The van der Waals surface area contributed by atoms with Gasteiger partial charge in [0.1, 0.15) is 24.3 Å². The Bertz CT molecular complexity index is 2460. The third-order valence-electron chi connectivity index (χ3n) is 10.2. The van der Waals surface area contributed by atoms with Crippen molar-refractivity contribution in [2.75, 3.05) is 31.1 Å². The lowest BCUT2D eigenvalue weighted by Crippen LogP contribution is -2.40. The van der Waals surface area contributed by atoms with Crippen LogP contribution in [0.4, 0.5) is 10.5 Å². The Hall–Kier alpha value is -5.49. The molecule has 54 heavy (non-hydrogen) atoms. The highest BCUT2D eigenvalue weighted by Gasteiger charge is 2.33. The average Bonchev–Trinajstić information content (AvgIpc) is 3.94. The summed E-state index contributed by atoms with van der Waals surface area (Å²) in [7, 11) is -4.18. The fraction of sp³-hybridized carbons (Fsp3) is 0.333. The van der Waals surface area contributed by atoms with E-state index >= 15 is 0 Å². The van der Waals surface area contributed by atoms with E-state index in [1.165, 1.54) is 15.9 Å². The molecule has 8 rings (SSSR count). The van der Waals surface area contributed by atoms with Crippen molar-refractivity contribution >= 4 is 44.3 Å². The lowest BCUT2D eigenvalue weighted by atomic mass is 9.99. The van der Waals surface area contributed by atoms with Crippen LogP contribution in [-0.2, 0) is 14.8 Å². The zero-order valence-corrected chi connectivity index (χ0v) is 31.9. The number of ether oxygens (including phenoxy) is 2. The van der Waals surface area contributed by atoms with Gasteiger partial charge in [0.2, 0.25) is 0 Å². The number of hydrogen-bond acceptors (Lipinski definition) is 8. The van der Waals surface area contributed by atoms with Crippen molar-refractivity contribution in [3.8, 4) is 17.0 Å². The average molecular weight is 746 g/mol. The van der Waals surface area contributed by atoms with Gasteiger partial charge in [-0.2, -0.15) is 0 Å². The Kier molecular flexibility index (Phi) is 8.83. The molecule has 278 valence electrons. The Labute approximate surface area is 315 Å². The van der Waals surface area contributed by atoms with Crippen molar-refractivity contribution in [1.29, 1.82) is 0 Å². The summed E-state index contributed by atoms with van der Waals surface area (Å²) < 4.78 is 42.3. The molecule has 0 N–H and O–H groups in total. The quantitative estimate of drug-likeness (QED) is 0.172. The number of amides is 2. The van der Waals surface area contributed by atoms with Gasteiger partial charge in [-0.05, 0) is 113 Å². The van der Waals surface area contributed by atoms with Crippen molar-refractivity contribution in [1.82, 2.24) is 18.8 Å². The maximum absolute atomic E-state index is 14.6. The molecule has 4 heterocycles. The first-order valence-electron chi connectivity index (χ1n) is 18.3. The Morgan fingerprint density at radius 3 is 2.46 bits per heavy atom. The summed E-state index contributed by atoms with van der Waals surface area (Å²) in [4.78, 5) is 40.0. The molecule has 0 bridgehead atoms. The molecule has 3 aromatic carbocycles. The van der Waals surface area contributed by atoms with E-state index in [-0.39, 0.29) is 23.0 Å². The van der Waals surface area contributed by atoms with Gasteiger partial charge >= 0.3 is 6.09 Å². The van der Waals surface area contributed by atoms with Gasteiger partial charge in [0.25, 0.3) is 15.9 Å². The van der Waals surface area contributed by atoms with Crippen LogP contribution in [-0.4, -0.2) is 71.1 Å². The topological polar surface area (TPSA) is 124 Å². The van der Waals surface area contributed by atoms with Crippen molar-refractivity contribution < 1.29 is 27.5 Å². The molecule has 0 spiro atoms. The monoisotopic (exact) mass is 745 g/mol. The molecule has 11 nitrogen and oxygen atoms in total. The van der Waals surface area contributed by atoms with E-state index in [0.29, 0.717) is 71.4 Å². The SMILES string of the molecule is Cc1ccc(S(=O)(=O)n2c(C3=CCCN(C(=O)OC(C)(C)C)C3)cc3c(-c4cccc(N5CCOc6cc(C7CC7)ccc6C5=O)c4C)ncnc32)cc1. The predicted octanol–water partition coefficient (Wildman–Crippen LogP) is 7.89. The zero-order chi connectivity index (χ0) is 37.9. The highest BCUT2D eigenvalue weighted by molar-refractivity contribution is 7.90. The number of anilines is 1. The molecule has 5 aromatic rings. The zero-order valence-electron chi connectivity index (χ0n) is 31.1. The number of hydrogen-bond donors (Lipinski definition) is 0. The van der Waals surface area contributed by atoms with Gasteiger partial charge in [0.05, 0.1) is 34.9 Å². The fourth-order valence-corrected chi connectivity index (χ4v) is 8.79. The molecule has 0 unspecified atom stereocenters. The number of aryl methyl sites for hydroxylation is 1. The molecule has 12 heteroatoms. The van der Waals surface area contributed by atoms with Crippen LogP contribution in [0.2, 0.25) is 0 Å². The summed E-state index contributed by atoms with van der Waals surface area (Å²) in [5.74, 6) is 1.01. The Morgan fingerprint density at radius 2 is 1.72 bits per heavy atom. The van der Waals surface area contributed by atoms with Crippen LogP contribution in [0.3, 0.4) is 0 Å². The van der Waals surface area contributed by atoms with Gasteiger partial charge in [0.15, 0.2) is 5.65 Å². The summed E-state index contributed by atoms with van der Waals surface area (Å²) in [6, 6.07) is 20.1. The number of aromatic nitrogens is 3. The maximum atomic E-state index is 14.6. The summed E-state index contributed by atoms with van der Waals surface area (Å²) >= 11 is 0. The van der Waals surface area contributed by atoms with Crippen LogP contribution < -0.4 is 9.64 Å². The van der Waals surface area contributed by atoms with Crippen molar-refractivity contribution in [2.24, 2.45) is 0 Å². The normalized spacial score (nSPS) is 16.5. The lowest BCUT2D eigenvalue weighted by molar-refractivity contribution is 0.0273. The van der Waals surface area contributed by atoms with E-state index in [0.717, 1.165) is 29.5 Å². The number of benzene rings is 3. The van der Waals surface area contributed by atoms with Gasteiger partial charge in [0, 0.05) is 23.2 Å². The lowest BCUT2D eigenvalue weighted by Gasteiger charge is -2.30. The summed E-state index contributed by atoms with van der Waals surface area (Å²) in [5, 5.41) is 0.516. The number of carbonyl (C=O) groups excluding carboxylic acids is 2. The van der Waals surface area contributed by atoms with Crippen molar-refractivity contribution in [3.05, 3.63) is 107 Å². The van der Waals surface area contributed by atoms with E-state index in [2.05, 4.69) is 4.98 Å². The highest BCUT2D eigenvalue weighted by atomic mass is 32.2. The first kappa shape index (κ1) is 35.5. The minimum Gasteiger partial charge on any atom is -0.491 e. The highest BCUT2D eigenvalue weighted by Crippen LogP contribution is 2.43. The summed E-state index contributed by atoms with van der Waals surface area (Å²) in [6.45, 7) is 10.6. The maximum Gasteiger partial charge on any atom is 0.410 e. The molecule has 0 atom stereocenters. The van der Waals surface area contributed by atoms with E-state index in [4.69, 9.17) is 14.5 Å². The van der Waals surface area contributed by atoms with E-state index < -0.39 is 21.7 Å². The smallest absolute Gasteiger partial charge is 0.410 e. The third-order valence-corrected chi connectivity index (χ3v) is 11.9. The van der Waals surface area contributed by atoms with Crippen LogP contribution in [0.15, 0.2) is 84.0 Å². The largest absolute Gasteiger partial charge is 0.491 e. The standard InChI is InChI=1S/C42H43N5O6S/c1-26-11-16-31(17-12-26)54(50,51)47-36(30-8-7-19-45(24-30)41(49)53-42(3,4)5)23-34-38(43-25-44-39(34)47)32-9-6-10-35(27(32)2)46-20-21-52-37-22-29(28-13-14-28)15-18-33(37)40(46)48/h6,8-12,15-18,22-23,25,28H,7,13-14,19-21,24H2,1-5H3. The molecule has 2 aromatic heterocycles. The van der Waals surface area contributed by atoms with Crippen LogP contribution in [0.25, 0.3) is 27.9 Å². The minimum absolute atomic E-state index is 0.108. The number of nitrogens with zero attached hydrogens (tertiary/aromatic N) is 5. The molecule has 3 aliphatic rings. The first-order chi connectivity index (χ1) is 25.8. The van der Waals surface area contributed by atoms with Crippen molar-refractivity contribution in [3.63, 3.8) is 0 Å². The van der Waals surface area contributed by atoms with Gasteiger partial charge in [-0.3, -0.25) is 4.79 Å². The molecule has 1 fully saturated rings. The minimum atomic E-state index is -4.18. The molecule has 2 amide bonds. The van der Waals surface area contributed by atoms with Crippen LogP contribution in [0, 0.1) is 13.8 Å². The first-order valence-corrected chi connectivity index (χ1v) is 19.8. The number of rotatable bonds is 6. The number of carbonyl (C=O) groups is 2. The second-order valence-corrected chi connectivity index (χ2v) is 17.1. The predicted molar refractivity (Wildman–Crippen MR) is 207 cm³/mol. The second-order valence-electron chi connectivity index (χ2n) is 15.3. The molecule has 2 aliphatic heterocycles. The molecule has 1 aliphatic carbocycles. The van der Waals surface area contributed by atoms with Gasteiger partial charge in [-0.15, -0.1) is 0 Å². The van der Waals surface area contributed by atoms with Crippen LogP contribution in [0.5, 0.6) is 5.75 Å². The van der Waals surface area contributed by atoms with Crippen molar-refractivity contribution in [2.45, 2.75) is 70.3 Å². The van der Waals surface area contributed by atoms with Gasteiger partial charge < -0.3 is 19.3 Å². The van der Waals surface area contributed by atoms with E-state index in [1.807, 2.05) is 77.1 Å². The van der Waals surface area contributed by atoms with Gasteiger partial charge in [-0.25, -0.2) is 27.2 Å². The number of fused-ring (bicyclic) bond motifs is 2. The fourth-order valence-electron chi connectivity index (χ4n) is 7.30. The Balaban J connectivity index is 1.24. The summed E-state index contributed by atoms with van der Waals surface area (Å²) in [6.07, 6.45) is 5.70. The summed E-state index contributed by atoms with van der Waals surface area (Å²) in [5.41, 5.74) is 5.96. The van der Waals surface area contributed by atoms with E-state index in [1.54, 1.807) is 40.1 Å². The van der Waals surface area contributed by atoms with Crippen LogP contribution >= 0.6 is 0 Å². The molecular formula is C42H43N5O6S. The molecule has 0 saturated heterocycles. The third kappa shape index (κ3) is 6.52.